The third-order valence-corrected chi connectivity index (χ3v) is 5.01. The van der Waals surface area contributed by atoms with Gasteiger partial charge in [-0.3, -0.25) is 0 Å². The molecule has 0 atom stereocenters. The summed E-state index contributed by atoms with van der Waals surface area (Å²) in [6.07, 6.45) is 7.04. The van der Waals surface area contributed by atoms with Crippen molar-refractivity contribution in [2.45, 2.75) is 38.5 Å². The summed E-state index contributed by atoms with van der Waals surface area (Å²) in [5, 5.41) is 18.4. The Morgan fingerprint density at radius 3 is 1.31 bits per heavy atom. The molecule has 0 unspecified atom stereocenters. The topological polar surface area (TPSA) is 106 Å². The van der Waals surface area contributed by atoms with Gasteiger partial charge >= 0.3 is 0 Å². The predicted molar refractivity (Wildman–Crippen MR) is 96.7 cm³/mol. The molecule has 0 saturated carbocycles. The lowest BCUT2D eigenvalue weighted by Gasteiger charge is -2.34. The van der Waals surface area contributed by atoms with Crippen LogP contribution >= 0.6 is 0 Å². The van der Waals surface area contributed by atoms with Crippen LogP contribution in [0.3, 0.4) is 0 Å². The van der Waals surface area contributed by atoms with Crippen molar-refractivity contribution in [3.8, 4) is 12.1 Å². The maximum absolute atomic E-state index is 9.22. The molecule has 2 aliphatic heterocycles. The van der Waals surface area contributed by atoms with E-state index in [2.05, 4.69) is 19.8 Å². The van der Waals surface area contributed by atoms with Crippen LogP contribution in [0.4, 0.5) is 11.6 Å². The second-order valence-corrected chi connectivity index (χ2v) is 6.76. The Bertz CT molecular complexity index is 824. The van der Waals surface area contributed by atoms with Crippen molar-refractivity contribution in [2.75, 3.05) is 36.0 Å². The van der Waals surface area contributed by atoms with Crippen molar-refractivity contribution in [2.24, 2.45) is 0 Å². The van der Waals surface area contributed by atoms with Crippen LogP contribution in [0.15, 0.2) is 0 Å². The molecule has 8 nitrogen and oxygen atoms in total. The molecule has 0 N–H and O–H groups in total. The lowest BCUT2D eigenvalue weighted by Crippen LogP contribution is -2.36. The molecule has 0 amide bonds. The molecule has 2 aliphatic rings. The van der Waals surface area contributed by atoms with Crippen molar-refractivity contribution in [3.63, 3.8) is 0 Å². The van der Waals surface area contributed by atoms with E-state index in [1.807, 2.05) is 12.1 Å². The van der Waals surface area contributed by atoms with Gasteiger partial charge in [-0.1, -0.05) is 0 Å². The average molecular weight is 348 g/mol. The zero-order valence-corrected chi connectivity index (χ0v) is 14.6. The molecule has 8 heteroatoms. The van der Waals surface area contributed by atoms with E-state index in [-0.39, 0.29) is 11.4 Å². The smallest absolute Gasteiger partial charge is 0.201 e. The summed E-state index contributed by atoms with van der Waals surface area (Å²) in [5.74, 6) is 1.67. The second-order valence-electron chi connectivity index (χ2n) is 6.76. The highest BCUT2D eigenvalue weighted by Crippen LogP contribution is 2.31. The quantitative estimate of drug-likeness (QED) is 0.812. The Balaban J connectivity index is 1.87. The van der Waals surface area contributed by atoms with Gasteiger partial charge in [0.15, 0.2) is 23.0 Å². The van der Waals surface area contributed by atoms with E-state index in [1.165, 1.54) is 12.8 Å². The van der Waals surface area contributed by atoms with Crippen LogP contribution in [0.1, 0.15) is 49.9 Å². The maximum Gasteiger partial charge on any atom is 0.201 e. The van der Waals surface area contributed by atoms with E-state index in [0.717, 1.165) is 63.5 Å². The molecule has 2 aromatic heterocycles. The number of piperidine rings is 2. The summed E-state index contributed by atoms with van der Waals surface area (Å²) in [6.45, 7) is 3.82. The minimum absolute atomic E-state index is 0.00427. The molecular weight excluding hydrogens is 328 g/mol. The molecule has 2 aromatic rings. The highest BCUT2D eigenvalue weighted by molar-refractivity contribution is 5.76. The fraction of sp³-hybridized carbons (Fsp3) is 0.556. The highest BCUT2D eigenvalue weighted by atomic mass is 15.3. The van der Waals surface area contributed by atoms with E-state index in [1.54, 1.807) is 0 Å². The molecule has 26 heavy (non-hydrogen) atoms. The van der Waals surface area contributed by atoms with Crippen LogP contribution in [0.2, 0.25) is 0 Å². The molecule has 0 aromatic carbocycles. The summed E-state index contributed by atoms with van der Waals surface area (Å²) in [7, 11) is 0. The lowest BCUT2D eigenvalue weighted by molar-refractivity contribution is 0.559. The largest absolute Gasteiger partial charge is 0.353 e. The zero-order chi connectivity index (χ0) is 17.9. The summed E-state index contributed by atoms with van der Waals surface area (Å²) in [4.78, 5) is 22.5. The molecule has 0 bridgehead atoms. The minimum atomic E-state index is 0.00427. The van der Waals surface area contributed by atoms with Gasteiger partial charge in [-0.2, -0.15) is 10.5 Å². The number of anilines is 2. The molecule has 2 saturated heterocycles. The first-order chi connectivity index (χ1) is 12.8. The van der Waals surface area contributed by atoms with Gasteiger partial charge in [0.05, 0.1) is 0 Å². The Kier molecular flexibility index (Phi) is 4.49. The van der Waals surface area contributed by atoms with Crippen molar-refractivity contribution in [3.05, 3.63) is 11.4 Å². The lowest BCUT2D eigenvalue weighted by atomic mass is 10.1. The van der Waals surface area contributed by atoms with Gasteiger partial charge in [-0.25, -0.2) is 19.9 Å². The molecule has 4 heterocycles. The number of nitrogens with zero attached hydrogens (tertiary/aromatic N) is 8. The standard InChI is InChI=1S/C18H20N8/c19-11-13-14(12-20)22-16-15(21-13)23-17(25-7-3-1-4-8-25)18(24-16)26-9-5-2-6-10-26/h1-10H2. The molecule has 132 valence electrons. The van der Waals surface area contributed by atoms with Gasteiger partial charge in [-0.05, 0) is 38.5 Å². The summed E-state index contributed by atoms with van der Waals surface area (Å²) < 4.78 is 0. The van der Waals surface area contributed by atoms with Crippen LogP contribution in [-0.4, -0.2) is 46.1 Å². The van der Waals surface area contributed by atoms with Crippen molar-refractivity contribution >= 4 is 22.9 Å². The second kappa shape index (κ2) is 7.09. The first-order valence-corrected chi connectivity index (χ1v) is 9.20. The monoisotopic (exact) mass is 348 g/mol. The van der Waals surface area contributed by atoms with Crippen LogP contribution in [0.25, 0.3) is 11.3 Å². The fourth-order valence-corrected chi connectivity index (χ4v) is 3.66. The zero-order valence-electron chi connectivity index (χ0n) is 14.6. The van der Waals surface area contributed by atoms with Gasteiger partial charge in [0.2, 0.25) is 11.3 Å². The first-order valence-electron chi connectivity index (χ1n) is 9.20. The SMILES string of the molecule is N#Cc1nc2nc(N3CCCCC3)c(N3CCCCC3)nc2nc1C#N. The summed E-state index contributed by atoms with van der Waals surface area (Å²) in [5.41, 5.74) is 0.679. The number of nitriles is 2. The molecule has 0 spiro atoms. The Hall–Kier alpha value is -3.00. The Morgan fingerprint density at radius 1 is 0.577 bits per heavy atom. The Morgan fingerprint density at radius 2 is 0.962 bits per heavy atom. The third-order valence-electron chi connectivity index (χ3n) is 5.01. The minimum Gasteiger partial charge on any atom is -0.353 e. The Labute approximate surface area is 152 Å². The van der Waals surface area contributed by atoms with Gasteiger partial charge in [0.25, 0.3) is 0 Å². The normalized spacial score (nSPS) is 17.8. The average Bonchev–Trinajstić information content (AvgIpc) is 2.73. The molecule has 2 fully saturated rings. The number of fused-ring (bicyclic) bond motifs is 1. The van der Waals surface area contributed by atoms with E-state index in [4.69, 9.17) is 9.97 Å². The van der Waals surface area contributed by atoms with E-state index < -0.39 is 0 Å². The van der Waals surface area contributed by atoms with Gasteiger partial charge in [0, 0.05) is 26.2 Å². The van der Waals surface area contributed by atoms with Crippen LogP contribution in [0.5, 0.6) is 0 Å². The highest BCUT2D eigenvalue weighted by Gasteiger charge is 2.24. The molecule has 0 aliphatic carbocycles. The van der Waals surface area contributed by atoms with E-state index >= 15 is 0 Å². The van der Waals surface area contributed by atoms with Gasteiger partial charge in [-0.15, -0.1) is 0 Å². The van der Waals surface area contributed by atoms with Crippen molar-refractivity contribution in [1.29, 1.82) is 10.5 Å². The number of aromatic nitrogens is 4. The predicted octanol–water partition coefficient (Wildman–Crippen LogP) is 2.14. The fourth-order valence-electron chi connectivity index (χ4n) is 3.66. The van der Waals surface area contributed by atoms with Crippen molar-refractivity contribution < 1.29 is 0 Å². The van der Waals surface area contributed by atoms with Crippen LogP contribution in [0, 0.1) is 22.7 Å². The molecular formula is C18H20N8. The van der Waals surface area contributed by atoms with Crippen LogP contribution in [-0.2, 0) is 0 Å². The summed E-state index contributed by atoms with van der Waals surface area (Å²) >= 11 is 0. The van der Waals surface area contributed by atoms with E-state index in [9.17, 15) is 10.5 Å². The number of rotatable bonds is 2. The third kappa shape index (κ3) is 2.99. The summed E-state index contributed by atoms with van der Waals surface area (Å²) in [6, 6.07) is 3.86. The molecule has 0 radical (unpaired) electrons. The van der Waals surface area contributed by atoms with Crippen molar-refractivity contribution in [1.82, 2.24) is 19.9 Å². The number of hydrogen-bond acceptors (Lipinski definition) is 8. The maximum atomic E-state index is 9.22. The van der Waals surface area contributed by atoms with Crippen LogP contribution < -0.4 is 9.80 Å². The molecule has 4 rings (SSSR count). The number of hydrogen-bond donors (Lipinski definition) is 0. The van der Waals surface area contributed by atoms with Gasteiger partial charge < -0.3 is 9.80 Å². The first kappa shape index (κ1) is 16.5. The van der Waals surface area contributed by atoms with E-state index in [0.29, 0.717) is 11.3 Å². The van der Waals surface area contributed by atoms with Gasteiger partial charge in [0.1, 0.15) is 12.1 Å².